The lowest BCUT2D eigenvalue weighted by molar-refractivity contribution is 0.216. The van der Waals surface area contributed by atoms with E-state index in [0.29, 0.717) is 18.3 Å². The highest BCUT2D eigenvalue weighted by Crippen LogP contribution is 1.99. The van der Waals surface area contributed by atoms with E-state index in [1.165, 1.54) is 0 Å². The summed E-state index contributed by atoms with van der Waals surface area (Å²) in [6.07, 6.45) is 3.51. The van der Waals surface area contributed by atoms with Crippen LogP contribution in [0.4, 0.5) is 0 Å². The second-order valence-corrected chi connectivity index (χ2v) is 4.07. The molecule has 1 heterocycles. The van der Waals surface area contributed by atoms with Gasteiger partial charge < -0.3 is 15.9 Å². The van der Waals surface area contributed by atoms with Crippen LogP contribution in [0, 0.1) is 0 Å². The van der Waals surface area contributed by atoms with E-state index in [1.54, 1.807) is 12.3 Å². The maximum atomic E-state index is 5.77. The standard InChI is InChI=1S/C13H20N4O/c1-4-11(9-16-10(2)3)18-17-13(14)12-7-5-6-8-15-12/h4-8,10,16H,9H2,1-3H3,(H2,14,17)/b11-4-. The summed E-state index contributed by atoms with van der Waals surface area (Å²) in [5.41, 5.74) is 6.37. The van der Waals surface area contributed by atoms with Crippen molar-refractivity contribution in [1.82, 2.24) is 10.3 Å². The van der Waals surface area contributed by atoms with Gasteiger partial charge in [0.25, 0.3) is 0 Å². The van der Waals surface area contributed by atoms with Crippen LogP contribution >= 0.6 is 0 Å². The Bertz CT molecular complexity index is 412. The van der Waals surface area contributed by atoms with Gasteiger partial charge in [-0.3, -0.25) is 4.98 Å². The Morgan fingerprint density at radius 3 is 2.89 bits per heavy atom. The molecular formula is C13H20N4O. The lowest BCUT2D eigenvalue weighted by Crippen LogP contribution is -2.25. The van der Waals surface area contributed by atoms with E-state index in [9.17, 15) is 0 Å². The number of aromatic nitrogens is 1. The van der Waals surface area contributed by atoms with E-state index >= 15 is 0 Å². The fraction of sp³-hybridized carbons (Fsp3) is 0.385. The second-order valence-electron chi connectivity index (χ2n) is 4.07. The fourth-order valence-corrected chi connectivity index (χ4v) is 1.16. The fourth-order valence-electron chi connectivity index (χ4n) is 1.16. The van der Waals surface area contributed by atoms with Crippen molar-refractivity contribution in [2.75, 3.05) is 6.54 Å². The van der Waals surface area contributed by atoms with Crippen molar-refractivity contribution in [3.8, 4) is 0 Å². The minimum atomic E-state index is 0.263. The number of nitrogens with zero attached hydrogens (tertiary/aromatic N) is 2. The second kappa shape index (κ2) is 7.45. The molecule has 0 amide bonds. The van der Waals surface area contributed by atoms with Crippen molar-refractivity contribution in [3.63, 3.8) is 0 Å². The Hall–Kier alpha value is -1.88. The normalized spacial score (nSPS) is 12.9. The summed E-state index contributed by atoms with van der Waals surface area (Å²) in [4.78, 5) is 9.37. The topological polar surface area (TPSA) is 72.5 Å². The van der Waals surface area contributed by atoms with Gasteiger partial charge >= 0.3 is 0 Å². The van der Waals surface area contributed by atoms with Crippen LogP contribution in [-0.4, -0.2) is 23.4 Å². The van der Waals surface area contributed by atoms with E-state index < -0.39 is 0 Å². The Morgan fingerprint density at radius 2 is 2.33 bits per heavy atom. The van der Waals surface area contributed by atoms with Crippen LogP contribution in [0.15, 0.2) is 41.4 Å². The number of nitrogens with one attached hydrogen (secondary N) is 1. The van der Waals surface area contributed by atoms with E-state index in [2.05, 4.69) is 29.3 Å². The zero-order chi connectivity index (χ0) is 13.4. The molecule has 0 unspecified atom stereocenters. The van der Waals surface area contributed by atoms with Gasteiger partial charge in [-0.25, -0.2) is 0 Å². The zero-order valence-corrected chi connectivity index (χ0v) is 11.1. The quantitative estimate of drug-likeness (QED) is 0.347. The van der Waals surface area contributed by atoms with Crippen molar-refractivity contribution in [1.29, 1.82) is 0 Å². The third-order valence-corrected chi connectivity index (χ3v) is 2.20. The maximum Gasteiger partial charge on any atom is 0.189 e. The molecule has 0 atom stereocenters. The largest absolute Gasteiger partial charge is 0.379 e. The first-order chi connectivity index (χ1) is 8.63. The van der Waals surface area contributed by atoms with Crippen molar-refractivity contribution in [2.24, 2.45) is 10.9 Å². The number of nitrogens with two attached hydrogens (primary N) is 1. The molecule has 1 aromatic heterocycles. The lowest BCUT2D eigenvalue weighted by Gasteiger charge is -2.09. The average molecular weight is 248 g/mol. The summed E-state index contributed by atoms with van der Waals surface area (Å²) in [7, 11) is 0. The third-order valence-electron chi connectivity index (χ3n) is 2.20. The Balaban J connectivity index is 2.56. The molecule has 0 saturated carbocycles. The van der Waals surface area contributed by atoms with Crippen LogP contribution in [0.2, 0.25) is 0 Å². The first-order valence-corrected chi connectivity index (χ1v) is 5.94. The first kappa shape index (κ1) is 14.2. The van der Waals surface area contributed by atoms with Crippen LogP contribution in [0.25, 0.3) is 0 Å². The minimum absolute atomic E-state index is 0.263. The van der Waals surface area contributed by atoms with Gasteiger partial charge in [0, 0.05) is 12.2 Å². The molecule has 0 fully saturated rings. The van der Waals surface area contributed by atoms with Gasteiger partial charge in [0.2, 0.25) is 0 Å². The van der Waals surface area contributed by atoms with Crippen LogP contribution in [0.3, 0.4) is 0 Å². The molecule has 3 N–H and O–H groups in total. The summed E-state index contributed by atoms with van der Waals surface area (Å²) in [6.45, 7) is 6.65. The molecular weight excluding hydrogens is 228 g/mol. The summed E-state index contributed by atoms with van der Waals surface area (Å²) < 4.78 is 0. The Morgan fingerprint density at radius 1 is 1.56 bits per heavy atom. The number of hydrogen-bond donors (Lipinski definition) is 2. The van der Waals surface area contributed by atoms with E-state index in [0.717, 1.165) is 5.76 Å². The molecule has 5 nitrogen and oxygen atoms in total. The number of oxime groups is 1. The SMILES string of the molecule is C/C=C(/CNC(C)C)O/N=C(\N)c1ccccn1. The molecule has 0 aliphatic rings. The molecule has 98 valence electrons. The number of pyridine rings is 1. The molecule has 0 saturated heterocycles. The van der Waals surface area contributed by atoms with Crippen LogP contribution in [0.1, 0.15) is 26.5 Å². The molecule has 1 aromatic rings. The van der Waals surface area contributed by atoms with Gasteiger partial charge in [0.1, 0.15) is 11.5 Å². The lowest BCUT2D eigenvalue weighted by atomic mass is 10.3. The van der Waals surface area contributed by atoms with Crippen LogP contribution in [-0.2, 0) is 4.84 Å². The number of amidine groups is 1. The monoisotopic (exact) mass is 248 g/mol. The van der Waals surface area contributed by atoms with Crippen molar-refractivity contribution < 1.29 is 4.84 Å². The highest BCUT2D eigenvalue weighted by Gasteiger charge is 2.02. The van der Waals surface area contributed by atoms with Crippen molar-refractivity contribution >= 4 is 5.84 Å². The molecule has 0 bridgehead atoms. The zero-order valence-electron chi connectivity index (χ0n) is 11.1. The average Bonchev–Trinajstić information content (AvgIpc) is 2.39. The van der Waals surface area contributed by atoms with E-state index in [-0.39, 0.29) is 5.84 Å². The molecule has 0 aliphatic heterocycles. The van der Waals surface area contributed by atoms with Crippen molar-refractivity contribution in [2.45, 2.75) is 26.8 Å². The minimum Gasteiger partial charge on any atom is -0.379 e. The summed E-state index contributed by atoms with van der Waals surface area (Å²) in [5.74, 6) is 0.988. The summed E-state index contributed by atoms with van der Waals surface area (Å²) >= 11 is 0. The van der Waals surface area contributed by atoms with Gasteiger partial charge in [-0.2, -0.15) is 0 Å². The Labute approximate surface area is 108 Å². The van der Waals surface area contributed by atoms with Gasteiger partial charge in [-0.15, -0.1) is 0 Å². The van der Waals surface area contributed by atoms with Gasteiger partial charge in [-0.05, 0) is 25.1 Å². The molecule has 1 rings (SSSR count). The highest BCUT2D eigenvalue weighted by atomic mass is 16.6. The molecule has 0 radical (unpaired) electrons. The van der Waals surface area contributed by atoms with Crippen LogP contribution in [0.5, 0.6) is 0 Å². The number of rotatable bonds is 6. The van der Waals surface area contributed by atoms with E-state index in [4.69, 9.17) is 10.6 Å². The summed E-state index contributed by atoms with van der Waals surface area (Å²) in [5, 5.41) is 7.11. The van der Waals surface area contributed by atoms with Gasteiger partial charge in [-0.1, -0.05) is 25.1 Å². The molecule has 0 aliphatic carbocycles. The third kappa shape index (κ3) is 4.97. The van der Waals surface area contributed by atoms with E-state index in [1.807, 2.05) is 25.1 Å². The van der Waals surface area contributed by atoms with Crippen LogP contribution < -0.4 is 11.1 Å². The Kier molecular flexibility index (Phi) is 5.87. The molecule has 18 heavy (non-hydrogen) atoms. The summed E-state index contributed by atoms with van der Waals surface area (Å²) in [6, 6.07) is 5.84. The number of hydrogen-bond acceptors (Lipinski definition) is 4. The predicted molar refractivity (Wildman–Crippen MR) is 72.9 cm³/mol. The molecule has 5 heteroatoms. The molecule has 0 spiro atoms. The van der Waals surface area contributed by atoms with Crippen molar-refractivity contribution in [3.05, 3.63) is 41.9 Å². The predicted octanol–water partition coefficient (Wildman–Crippen LogP) is 1.62. The molecule has 0 aromatic carbocycles. The first-order valence-electron chi connectivity index (χ1n) is 5.94. The smallest absolute Gasteiger partial charge is 0.189 e. The van der Waals surface area contributed by atoms with Gasteiger partial charge in [0.15, 0.2) is 5.84 Å². The number of allylic oxidation sites excluding steroid dienone is 1. The van der Waals surface area contributed by atoms with Gasteiger partial charge in [0.05, 0.1) is 6.54 Å². The highest BCUT2D eigenvalue weighted by molar-refractivity contribution is 5.95. The maximum absolute atomic E-state index is 5.77.